The largest absolute Gasteiger partial charge is 0.184 e. The zero-order chi connectivity index (χ0) is 19.0. The second kappa shape index (κ2) is 9.21. The van der Waals surface area contributed by atoms with Gasteiger partial charge in [0.1, 0.15) is 0 Å². The molecule has 0 fully saturated rings. The molecule has 0 aliphatic heterocycles. The van der Waals surface area contributed by atoms with Crippen molar-refractivity contribution < 1.29 is 0 Å². The fourth-order valence-electron chi connectivity index (χ4n) is 3.13. The first-order chi connectivity index (χ1) is 13.9. The molecule has 28 heavy (non-hydrogen) atoms. The van der Waals surface area contributed by atoms with Crippen molar-refractivity contribution in [3.05, 3.63) is 121 Å². The summed E-state index contributed by atoms with van der Waals surface area (Å²) >= 11 is 0. The Kier molecular flexibility index (Phi) is 6.01. The predicted molar refractivity (Wildman–Crippen MR) is 120 cm³/mol. The van der Waals surface area contributed by atoms with Gasteiger partial charge in [0.05, 0.1) is 12.2 Å². The van der Waals surface area contributed by atoms with Crippen molar-refractivity contribution in [3.63, 3.8) is 0 Å². The fourth-order valence-corrected chi connectivity index (χ4v) is 5.59. The summed E-state index contributed by atoms with van der Waals surface area (Å²) in [7, 11) is -0.639. The van der Waals surface area contributed by atoms with Gasteiger partial charge in [-0.05, 0) is 41.5 Å². The number of rotatable bonds is 6. The lowest BCUT2D eigenvalue weighted by atomic mass is 10.2. The zero-order valence-corrected chi connectivity index (χ0v) is 16.4. The summed E-state index contributed by atoms with van der Waals surface area (Å²) in [6.07, 6.45) is 0. The monoisotopic (exact) mass is 380 g/mol. The van der Waals surface area contributed by atoms with Gasteiger partial charge in [-0.2, -0.15) is 10.2 Å². The molecular weight excluding hydrogens is 359 g/mol. The molecule has 0 bridgehead atoms. The Morgan fingerprint density at radius 3 is 1.64 bits per heavy atom. The third kappa shape index (κ3) is 4.42. The number of benzene rings is 4. The van der Waals surface area contributed by atoms with Gasteiger partial charge >= 0.3 is 0 Å². The normalized spacial score (nSPS) is 11.2. The lowest BCUT2D eigenvalue weighted by molar-refractivity contribution is 0.965. The van der Waals surface area contributed by atoms with Crippen molar-refractivity contribution in [1.29, 1.82) is 0 Å². The van der Waals surface area contributed by atoms with Crippen molar-refractivity contribution in [2.45, 2.75) is 6.54 Å². The molecule has 0 amide bonds. The van der Waals surface area contributed by atoms with Crippen LogP contribution in [0.4, 0.5) is 5.69 Å². The average molecular weight is 380 g/mol. The van der Waals surface area contributed by atoms with Crippen LogP contribution in [0.25, 0.3) is 0 Å². The van der Waals surface area contributed by atoms with Gasteiger partial charge in [-0.25, -0.2) is 0 Å². The Morgan fingerprint density at radius 2 is 1.04 bits per heavy atom. The van der Waals surface area contributed by atoms with E-state index in [1.54, 1.807) is 0 Å². The number of hydrogen-bond donors (Lipinski definition) is 0. The molecule has 0 heterocycles. The van der Waals surface area contributed by atoms with Crippen LogP contribution in [0.15, 0.2) is 125 Å². The summed E-state index contributed by atoms with van der Waals surface area (Å²) in [6, 6.07) is 40.0. The molecule has 0 aromatic heterocycles. The molecule has 0 N–H and O–H groups in total. The first-order valence-electron chi connectivity index (χ1n) is 9.32. The Morgan fingerprint density at radius 1 is 0.536 bits per heavy atom. The number of azo groups is 1. The van der Waals surface area contributed by atoms with Gasteiger partial charge in [-0.1, -0.05) is 103 Å². The van der Waals surface area contributed by atoms with Crippen LogP contribution in [0.5, 0.6) is 0 Å². The Balaban J connectivity index is 1.70. The topological polar surface area (TPSA) is 24.7 Å². The van der Waals surface area contributed by atoms with E-state index >= 15 is 0 Å². The van der Waals surface area contributed by atoms with E-state index in [-0.39, 0.29) is 0 Å². The third-order valence-corrected chi connectivity index (χ3v) is 6.99. The molecule has 0 aliphatic rings. The molecule has 0 saturated heterocycles. The minimum atomic E-state index is -0.639. The van der Waals surface area contributed by atoms with Crippen molar-refractivity contribution >= 4 is 29.5 Å². The van der Waals surface area contributed by atoms with Crippen molar-refractivity contribution in [3.8, 4) is 0 Å². The van der Waals surface area contributed by atoms with E-state index in [0.29, 0.717) is 6.54 Å². The zero-order valence-electron chi connectivity index (χ0n) is 15.5. The standard InChI is InChI=1S/C25H21N2P/c1-4-13-22(14-5-1)27-26-20-21-12-10-11-19-25(21)28(23-15-6-2-7-16-23)24-17-8-3-9-18-24/h1-19H,20H2. The van der Waals surface area contributed by atoms with E-state index in [1.807, 2.05) is 30.3 Å². The molecule has 2 nitrogen and oxygen atoms in total. The lowest BCUT2D eigenvalue weighted by Crippen LogP contribution is -2.23. The van der Waals surface area contributed by atoms with E-state index in [0.717, 1.165) is 5.69 Å². The minimum absolute atomic E-state index is 0.573. The minimum Gasteiger partial charge on any atom is -0.184 e. The van der Waals surface area contributed by atoms with E-state index in [4.69, 9.17) is 0 Å². The van der Waals surface area contributed by atoms with Crippen LogP contribution in [0.2, 0.25) is 0 Å². The van der Waals surface area contributed by atoms with Crippen molar-refractivity contribution in [2.24, 2.45) is 10.2 Å². The molecule has 0 radical (unpaired) electrons. The van der Waals surface area contributed by atoms with Crippen LogP contribution < -0.4 is 15.9 Å². The highest BCUT2D eigenvalue weighted by molar-refractivity contribution is 7.79. The van der Waals surface area contributed by atoms with E-state index in [2.05, 4.69) is 95.2 Å². The highest BCUT2D eigenvalue weighted by Crippen LogP contribution is 2.34. The lowest BCUT2D eigenvalue weighted by Gasteiger charge is -2.21. The summed E-state index contributed by atoms with van der Waals surface area (Å²) in [5.41, 5.74) is 2.11. The van der Waals surface area contributed by atoms with Crippen molar-refractivity contribution in [1.82, 2.24) is 0 Å². The highest BCUT2D eigenvalue weighted by atomic mass is 31.1. The van der Waals surface area contributed by atoms with Crippen LogP contribution >= 0.6 is 7.92 Å². The molecule has 0 saturated carbocycles. The van der Waals surface area contributed by atoms with Gasteiger partial charge in [0.2, 0.25) is 0 Å². The molecule has 3 heteroatoms. The third-order valence-electron chi connectivity index (χ3n) is 4.44. The maximum Gasteiger partial charge on any atom is 0.0860 e. The Labute approximate surface area is 167 Å². The molecule has 0 unspecified atom stereocenters. The van der Waals surface area contributed by atoms with E-state index in [1.165, 1.54) is 21.5 Å². The molecule has 4 rings (SSSR count). The highest BCUT2D eigenvalue weighted by Gasteiger charge is 2.18. The molecule has 4 aromatic carbocycles. The van der Waals surface area contributed by atoms with Gasteiger partial charge in [0, 0.05) is 0 Å². The molecule has 4 aromatic rings. The van der Waals surface area contributed by atoms with Gasteiger partial charge in [0.15, 0.2) is 0 Å². The second-order valence-corrected chi connectivity index (χ2v) is 8.56. The van der Waals surface area contributed by atoms with Gasteiger partial charge < -0.3 is 0 Å². The van der Waals surface area contributed by atoms with Gasteiger partial charge in [-0.3, -0.25) is 0 Å². The van der Waals surface area contributed by atoms with Gasteiger partial charge in [0.25, 0.3) is 0 Å². The van der Waals surface area contributed by atoms with Crippen LogP contribution in [-0.2, 0) is 6.54 Å². The maximum atomic E-state index is 4.48. The molecule has 0 aliphatic carbocycles. The molecular formula is C25H21N2P. The summed E-state index contributed by atoms with van der Waals surface area (Å²) in [6.45, 7) is 0.573. The fraction of sp³-hybridized carbons (Fsp3) is 0.0400. The predicted octanol–water partition coefficient (Wildman–Crippen LogP) is 5.73. The van der Waals surface area contributed by atoms with Gasteiger partial charge in [-0.15, -0.1) is 0 Å². The van der Waals surface area contributed by atoms with Crippen LogP contribution in [0, 0.1) is 0 Å². The molecule has 136 valence electrons. The smallest absolute Gasteiger partial charge is 0.0860 e. The maximum absolute atomic E-state index is 4.48. The van der Waals surface area contributed by atoms with Crippen LogP contribution in [0.3, 0.4) is 0 Å². The molecule has 0 spiro atoms. The van der Waals surface area contributed by atoms with Crippen molar-refractivity contribution in [2.75, 3.05) is 0 Å². The summed E-state index contributed by atoms with van der Waals surface area (Å²) in [5, 5.41) is 12.9. The summed E-state index contributed by atoms with van der Waals surface area (Å²) in [4.78, 5) is 0. The first-order valence-corrected chi connectivity index (χ1v) is 10.7. The molecule has 0 atom stereocenters. The average Bonchev–Trinajstić information content (AvgIpc) is 2.77. The summed E-state index contributed by atoms with van der Waals surface area (Å²) in [5.74, 6) is 0. The summed E-state index contributed by atoms with van der Waals surface area (Å²) < 4.78 is 0. The first kappa shape index (κ1) is 18.3. The number of nitrogens with zero attached hydrogens (tertiary/aromatic N) is 2. The SMILES string of the molecule is c1ccc(N=NCc2ccccc2P(c2ccccc2)c2ccccc2)cc1. The van der Waals surface area contributed by atoms with E-state index in [9.17, 15) is 0 Å². The van der Waals surface area contributed by atoms with E-state index < -0.39 is 7.92 Å². The number of hydrogen-bond acceptors (Lipinski definition) is 2. The van der Waals surface area contributed by atoms with Crippen LogP contribution in [0.1, 0.15) is 5.56 Å². The Bertz CT molecular complexity index is 992. The second-order valence-electron chi connectivity index (χ2n) is 6.37. The quantitative estimate of drug-likeness (QED) is 0.302. The Hall–Kier alpha value is -3.09. The van der Waals surface area contributed by atoms with Crippen LogP contribution in [-0.4, -0.2) is 0 Å².